The summed E-state index contributed by atoms with van der Waals surface area (Å²) in [7, 11) is -9.98. The van der Waals surface area contributed by atoms with Crippen LogP contribution in [0.4, 0.5) is 5.69 Å². The molecule has 0 fully saturated rings. The lowest BCUT2D eigenvalue weighted by Crippen LogP contribution is -2.10. The maximum Gasteiger partial charge on any atom is 0.410 e. The summed E-state index contributed by atoms with van der Waals surface area (Å²) in [5.41, 5.74) is -0.599. The Morgan fingerprint density at radius 2 is 1.61 bits per heavy atom. The van der Waals surface area contributed by atoms with Gasteiger partial charge in [-0.2, -0.15) is 16.8 Å². The quantitative estimate of drug-likeness (QED) is 0.607. The van der Waals surface area contributed by atoms with Crippen molar-refractivity contribution in [3.63, 3.8) is 0 Å². The van der Waals surface area contributed by atoms with E-state index >= 15 is 0 Å². The highest BCUT2D eigenvalue weighted by molar-refractivity contribution is 9.10. The maximum absolute atomic E-state index is 11.2. The van der Waals surface area contributed by atoms with Crippen molar-refractivity contribution in [2.45, 2.75) is 16.7 Å². The van der Waals surface area contributed by atoms with Gasteiger partial charge in [-0.15, -0.1) is 0 Å². The first kappa shape index (κ1) is 15.0. The van der Waals surface area contributed by atoms with E-state index in [1.807, 2.05) is 0 Å². The number of aryl methyl sites for hydroxylation is 1. The minimum atomic E-state index is -5.03. The van der Waals surface area contributed by atoms with Crippen molar-refractivity contribution in [1.29, 1.82) is 5.39 Å². The molecule has 18 heavy (non-hydrogen) atoms. The standard InChI is InChI=1S/C7H5BrN2O6S2/c1-3-2-4(8)6(17(11,12)13)7(5(3)10-9)18(14,15)16/h2H,1H3,(H-,11,12,13,14,15,16)/p+1. The summed E-state index contributed by atoms with van der Waals surface area (Å²) in [4.78, 5) is 0.327. The van der Waals surface area contributed by atoms with E-state index in [1.54, 1.807) is 0 Å². The topological polar surface area (TPSA) is 137 Å². The lowest BCUT2D eigenvalue weighted by atomic mass is 10.2. The summed E-state index contributed by atoms with van der Waals surface area (Å²) in [6.07, 6.45) is 0. The molecule has 0 unspecified atom stereocenters. The zero-order valence-corrected chi connectivity index (χ0v) is 11.9. The Labute approximate surface area is 111 Å². The Morgan fingerprint density at radius 1 is 1.17 bits per heavy atom. The average Bonchev–Trinajstić information content (AvgIpc) is 2.12. The van der Waals surface area contributed by atoms with Gasteiger partial charge in [-0.25, -0.2) is 0 Å². The molecule has 1 rings (SSSR count). The van der Waals surface area contributed by atoms with Gasteiger partial charge in [0.1, 0.15) is 4.90 Å². The van der Waals surface area contributed by atoms with Crippen LogP contribution >= 0.6 is 15.9 Å². The lowest BCUT2D eigenvalue weighted by molar-refractivity contribution is 0.466. The van der Waals surface area contributed by atoms with Crippen LogP contribution < -0.4 is 0 Å². The summed E-state index contributed by atoms with van der Waals surface area (Å²) in [6.45, 7) is 1.32. The second kappa shape index (κ2) is 4.56. The molecule has 1 aromatic carbocycles. The van der Waals surface area contributed by atoms with Crippen LogP contribution in [0.25, 0.3) is 4.98 Å². The third-order valence-electron chi connectivity index (χ3n) is 1.97. The second-order valence-electron chi connectivity index (χ2n) is 3.23. The van der Waals surface area contributed by atoms with Gasteiger partial charge in [0, 0.05) is 10.0 Å². The summed E-state index contributed by atoms with van der Waals surface area (Å²) in [5, 5.41) is 8.70. The molecule has 0 saturated carbocycles. The van der Waals surface area contributed by atoms with Crippen LogP contribution in [0.3, 0.4) is 0 Å². The number of benzene rings is 1. The molecular formula is C7H6BrN2O6S2+. The van der Waals surface area contributed by atoms with Gasteiger partial charge in [0.2, 0.25) is 10.3 Å². The molecule has 0 atom stereocenters. The molecule has 0 aromatic heterocycles. The van der Waals surface area contributed by atoms with Gasteiger partial charge in [0.25, 0.3) is 10.1 Å². The SMILES string of the molecule is Cc1cc(Br)c(S(=O)(=O)O)c(S(=O)(=O)O)c1[N+]#N. The van der Waals surface area contributed by atoms with E-state index in [4.69, 9.17) is 14.5 Å². The highest BCUT2D eigenvalue weighted by Gasteiger charge is 2.37. The largest absolute Gasteiger partial charge is 0.410 e. The van der Waals surface area contributed by atoms with Crippen molar-refractivity contribution >= 4 is 41.9 Å². The lowest BCUT2D eigenvalue weighted by Gasteiger charge is -2.05. The summed E-state index contributed by atoms with van der Waals surface area (Å²) in [6, 6.07) is 1.12. The number of hydrogen-bond acceptors (Lipinski definition) is 5. The number of nitrogens with zero attached hydrogens (tertiary/aromatic N) is 2. The molecule has 0 aliphatic rings. The summed E-state index contributed by atoms with van der Waals surface area (Å²) in [5.74, 6) is 0. The van der Waals surface area contributed by atoms with Crippen LogP contribution in [0.5, 0.6) is 0 Å². The van der Waals surface area contributed by atoms with Gasteiger partial charge in [-0.05, 0) is 28.9 Å². The number of halogens is 1. The Balaban J connectivity index is 4.14. The molecule has 0 saturated heterocycles. The Hall–Kier alpha value is -1.06. The Kier molecular flexibility index (Phi) is 3.80. The van der Waals surface area contributed by atoms with Crippen molar-refractivity contribution in [2.75, 3.05) is 0 Å². The maximum atomic E-state index is 11.2. The molecule has 98 valence electrons. The predicted octanol–water partition coefficient (Wildman–Crippen LogP) is 1.74. The second-order valence-corrected chi connectivity index (χ2v) is 6.80. The van der Waals surface area contributed by atoms with Crippen molar-refractivity contribution in [3.05, 3.63) is 21.1 Å². The van der Waals surface area contributed by atoms with Crippen LogP contribution in [-0.2, 0) is 20.2 Å². The monoisotopic (exact) mass is 357 g/mol. The number of rotatable bonds is 2. The molecule has 0 bridgehead atoms. The fourth-order valence-corrected chi connectivity index (χ4v) is 4.67. The van der Waals surface area contributed by atoms with E-state index in [2.05, 4.69) is 20.9 Å². The van der Waals surface area contributed by atoms with Gasteiger partial charge in [0.05, 0.1) is 0 Å². The van der Waals surface area contributed by atoms with Gasteiger partial charge < -0.3 is 0 Å². The molecule has 2 N–H and O–H groups in total. The van der Waals surface area contributed by atoms with Gasteiger partial charge in [0.15, 0.2) is 4.98 Å². The van der Waals surface area contributed by atoms with Crippen LogP contribution in [0, 0.1) is 12.3 Å². The van der Waals surface area contributed by atoms with E-state index in [9.17, 15) is 16.8 Å². The zero-order valence-electron chi connectivity index (χ0n) is 8.69. The van der Waals surface area contributed by atoms with E-state index < -0.39 is 35.7 Å². The first-order valence-corrected chi connectivity index (χ1v) is 7.80. The van der Waals surface area contributed by atoms with Crippen LogP contribution in [0.2, 0.25) is 0 Å². The first-order valence-electron chi connectivity index (χ1n) is 4.13. The minimum absolute atomic E-state index is 0.0735. The molecule has 0 amide bonds. The molecule has 0 aliphatic heterocycles. The number of hydrogen-bond donors (Lipinski definition) is 2. The van der Waals surface area contributed by atoms with Crippen molar-refractivity contribution in [3.8, 4) is 0 Å². The normalized spacial score (nSPS) is 12.2. The highest BCUT2D eigenvalue weighted by Crippen LogP contribution is 2.38. The van der Waals surface area contributed by atoms with Crippen LogP contribution in [-0.4, -0.2) is 25.9 Å². The van der Waals surface area contributed by atoms with Gasteiger partial charge in [-0.3, -0.25) is 9.11 Å². The Morgan fingerprint density at radius 3 is 1.94 bits per heavy atom. The molecule has 8 nitrogen and oxygen atoms in total. The smallest absolute Gasteiger partial charge is 0.282 e. The van der Waals surface area contributed by atoms with E-state index in [0.29, 0.717) is 0 Å². The number of diazo groups is 1. The van der Waals surface area contributed by atoms with Crippen molar-refractivity contribution < 1.29 is 25.9 Å². The highest BCUT2D eigenvalue weighted by atomic mass is 79.9. The molecule has 0 aliphatic carbocycles. The molecule has 11 heteroatoms. The third-order valence-corrected chi connectivity index (χ3v) is 4.84. The molecule has 1 aromatic rings. The fraction of sp³-hybridized carbons (Fsp3) is 0.143. The zero-order chi connectivity index (χ0) is 14.3. The molecule has 0 spiro atoms. The molecule has 0 radical (unpaired) electrons. The van der Waals surface area contributed by atoms with Crippen LogP contribution in [0.1, 0.15) is 5.56 Å². The van der Waals surface area contributed by atoms with Crippen LogP contribution in [0.15, 0.2) is 20.3 Å². The third kappa shape index (κ3) is 2.68. The molecule has 0 heterocycles. The van der Waals surface area contributed by atoms with E-state index in [-0.39, 0.29) is 10.0 Å². The van der Waals surface area contributed by atoms with Crippen molar-refractivity contribution in [2.24, 2.45) is 0 Å². The Bertz CT molecular complexity index is 762. The minimum Gasteiger partial charge on any atom is -0.282 e. The average molecular weight is 358 g/mol. The fourth-order valence-electron chi connectivity index (χ4n) is 1.32. The van der Waals surface area contributed by atoms with Gasteiger partial charge >= 0.3 is 15.8 Å². The predicted molar refractivity (Wildman–Crippen MR) is 63.3 cm³/mol. The molecular weight excluding hydrogens is 352 g/mol. The van der Waals surface area contributed by atoms with E-state index in [0.717, 1.165) is 6.07 Å². The van der Waals surface area contributed by atoms with E-state index in [1.165, 1.54) is 6.92 Å². The first-order chi connectivity index (χ1) is 8.00. The van der Waals surface area contributed by atoms with Crippen molar-refractivity contribution in [1.82, 2.24) is 0 Å². The summed E-state index contributed by atoms with van der Waals surface area (Å²) >= 11 is 2.75. The summed E-state index contributed by atoms with van der Waals surface area (Å²) < 4.78 is 62.3. The van der Waals surface area contributed by atoms with Gasteiger partial charge in [-0.1, -0.05) is 0 Å².